The second kappa shape index (κ2) is 5.38. The van der Waals surface area contributed by atoms with Crippen LogP contribution in [0.4, 0.5) is 0 Å². The lowest BCUT2D eigenvalue weighted by molar-refractivity contribution is 0.101. The zero-order valence-electron chi connectivity index (χ0n) is 10.7. The summed E-state index contributed by atoms with van der Waals surface area (Å²) >= 11 is 1.24. The van der Waals surface area contributed by atoms with E-state index in [-0.39, 0.29) is 11.5 Å². The molecule has 7 heteroatoms. The number of aromatic amines is 1. The number of Topliss-reactive ketones (excluding diaryl/α,β-unsaturated/α-hetero) is 1. The van der Waals surface area contributed by atoms with Crippen LogP contribution in [0, 0.1) is 0 Å². The maximum atomic E-state index is 12.0. The van der Waals surface area contributed by atoms with E-state index in [1.165, 1.54) is 11.8 Å². The number of hydrogen-bond acceptors (Lipinski definition) is 5. The predicted molar refractivity (Wildman–Crippen MR) is 74.6 cm³/mol. The molecule has 0 radical (unpaired) electrons. The zero-order valence-corrected chi connectivity index (χ0v) is 11.6. The van der Waals surface area contributed by atoms with Crippen molar-refractivity contribution in [2.24, 2.45) is 7.05 Å². The molecule has 6 nitrogen and oxygen atoms in total. The standard InChI is InChI=1S/C13H12N4O2S/c1-17-7-3-5-10(17)11(18)8-20-13-16-15-12(19-13)9-4-2-6-14-9/h2-7,14H,8H2,1H3. The molecule has 0 saturated heterocycles. The van der Waals surface area contributed by atoms with Crippen LogP contribution in [-0.4, -0.2) is 31.3 Å². The molecule has 0 atom stereocenters. The lowest BCUT2D eigenvalue weighted by atomic mass is 10.3. The Balaban J connectivity index is 1.65. The number of hydrogen-bond donors (Lipinski definition) is 1. The summed E-state index contributed by atoms with van der Waals surface area (Å²) in [7, 11) is 1.84. The molecule has 0 amide bonds. The molecule has 20 heavy (non-hydrogen) atoms. The fraction of sp³-hybridized carbons (Fsp3) is 0.154. The number of nitrogens with one attached hydrogen (secondary N) is 1. The highest BCUT2D eigenvalue weighted by atomic mass is 32.2. The van der Waals surface area contributed by atoms with Crippen LogP contribution in [0.25, 0.3) is 11.6 Å². The third-order valence-corrected chi connectivity index (χ3v) is 3.61. The van der Waals surface area contributed by atoms with Gasteiger partial charge in [-0.05, 0) is 24.3 Å². The number of H-pyrrole nitrogens is 1. The maximum Gasteiger partial charge on any atom is 0.277 e. The van der Waals surface area contributed by atoms with Crippen molar-refractivity contribution in [3.05, 3.63) is 42.4 Å². The van der Waals surface area contributed by atoms with Gasteiger partial charge >= 0.3 is 0 Å². The van der Waals surface area contributed by atoms with Crippen LogP contribution in [0.1, 0.15) is 10.5 Å². The van der Waals surface area contributed by atoms with Crippen LogP contribution in [0.15, 0.2) is 46.3 Å². The van der Waals surface area contributed by atoms with Crippen LogP contribution in [0.3, 0.4) is 0 Å². The predicted octanol–water partition coefficient (Wildman–Crippen LogP) is 2.38. The number of carbonyl (C=O) groups is 1. The third-order valence-electron chi connectivity index (χ3n) is 2.79. The van der Waals surface area contributed by atoms with Gasteiger partial charge in [-0.15, -0.1) is 10.2 Å². The van der Waals surface area contributed by atoms with Crippen molar-refractivity contribution in [1.82, 2.24) is 19.7 Å². The summed E-state index contributed by atoms with van der Waals surface area (Å²) in [6.07, 6.45) is 3.62. The first-order chi connectivity index (χ1) is 9.74. The van der Waals surface area contributed by atoms with E-state index in [9.17, 15) is 4.79 Å². The number of ketones is 1. The van der Waals surface area contributed by atoms with Crippen molar-refractivity contribution < 1.29 is 9.21 Å². The Morgan fingerprint density at radius 3 is 3.00 bits per heavy atom. The molecule has 0 spiro atoms. The number of aromatic nitrogens is 4. The highest BCUT2D eigenvalue weighted by Crippen LogP contribution is 2.22. The van der Waals surface area contributed by atoms with E-state index in [1.807, 2.05) is 31.4 Å². The summed E-state index contributed by atoms with van der Waals surface area (Å²) in [5, 5.41) is 8.23. The molecule has 102 valence electrons. The molecule has 3 heterocycles. The smallest absolute Gasteiger partial charge is 0.277 e. The first kappa shape index (κ1) is 12.7. The largest absolute Gasteiger partial charge is 0.410 e. The molecular formula is C13H12N4O2S. The number of thioether (sulfide) groups is 1. The zero-order chi connectivity index (χ0) is 13.9. The van der Waals surface area contributed by atoms with Gasteiger partial charge in [0.2, 0.25) is 0 Å². The van der Waals surface area contributed by atoms with E-state index in [2.05, 4.69) is 15.2 Å². The molecule has 3 rings (SSSR count). The second-order valence-corrected chi connectivity index (χ2v) is 5.10. The Labute approximate surface area is 119 Å². The SMILES string of the molecule is Cn1cccc1C(=O)CSc1nnc(-c2ccc[nH]2)o1. The Kier molecular flexibility index (Phi) is 3.42. The van der Waals surface area contributed by atoms with Crippen molar-refractivity contribution in [2.75, 3.05) is 5.75 Å². The number of aryl methyl sites for hydroxylation is 1. The van der Waals surface area contributed by atoms with Crippen molar-refractivity contribution in [3.63, 3.8) is 0 Å². The quantitative estimate of drug-likeness (QED) is 0.576. The molecule has 3 aromatic heterocycles. The summed E-state index contributed by atoms with van der Waals surface area (Å²) in [5.74, 6) is 0.718. The minimum Gasteiger partial charge on any atom is -0.410 e. The van der Waals surface area contributed by atoms with Gasteiger partial charge in [0.1, 0.15) is 5.69 Å². The molecule has 0 saturated carbocycles. The van der Waals surface area contributed by atoms with Gasteiger partial charge in [0, 0.05) is 19.4 Å². The molecule has 0 fully saturated rings. The van der Waals surface area contributed by atoms with Crippen LogP contribution in [-0.2, 0) is 7.05 Å². The first-order valence-corrected chi connectivity index (χ1v) is 6.97. The molecule has 0 unspecified atom stereocenters. The molecule has 0 aliphatic carbocycles. The van der Waals surface area contributed by atoms with Crippen molar-refractivity contribution >= 4 is 17.5 Å². The maximum absolute atomic E-state index is 12.0. The van der Waals surface area contributed by atoms with Gasteiger partial charge in [0.05, 0.1) is 11.4 Å². The summed E-state index contributed by atoms with van der Waals surface area (Å²) in [6, 6.07) is 7.33. The molecule has 0 bridgehead atoms. The average Bonchev–Trinajstić information content (AvgIpc) is 3.16. The number of carbonyl (C=O) groups excluding carboxylic acids is 1. The van der Waals surface area contributed by atoms with Gasteiger partial charge in [-0.2, -0.15) is 0 Å². The van der Waals surface area contributed by atoms with Gasteiger partial charge in [0.15, 0.2) is 5.78 Å². The van der Waals surface area contributed by atoms with Crippen LogP contribution < -0.4 is 0 Å². The minimum atomic E-state index is 0.0297. The molecule has 1 N–H and O–H groups in total. The first-order valence-electron chi connectivity index (χ1n) is 5.98. The highest BCUT2D eigenvalue weighted by Gasteiger charge is 2.14. The number of rotatable bonds is 5. The minimum absolute atomic E-state index is 0.0297. The lowest BCUT2D eigenvalue weighted by Gasteiger charge is -2.00. The van der Waals surface area contributed by atoms with Gasteiger partial charge in [-0.25, -0.2) is 0 Å². The van der Waals surface area contributed by atoms with Crippen LogP contribution >= 0.6 is 11.8 Å². The third kappa shape index (κ3) is 2.53. The fourth-order valence-electron chi connectivity index (χ4n) is 1.79. The molecule has 0 aliphatic heterocycles. The van der Waals surface area contributed by atoms with Gasteiger partial charge < -0.3 is 14.0 Å². The summed E-state index contributed by atoms with van der Waals surface area (Å²) in [6.45, 7) is 0. The second-order valence-electron chi connectivity index (χ2n) is 4.17. The average molecular weight is 288 g/mol. The Hall–Kier alpha value is -2.28. The fourth-order valence-corrected chi connectivity index (χ4v) is 2.43. The topological polar surface area (TPSA) is 76.7 Å². The van der Waals surface area contributed by atoms with Crippen molar-refractivity contribution in [3.8, 4) is 11.6 Å². The molecule has 3 aromatic rings. The Morgan fingerprint density at radius 2 is 2.30 bits per heavy atom. The van der Waals surface area contributed by atoms with E-state index in [0.717, 1.165) is 5.69 Å². The van der Waals surface area contributed by atoms with Gasteiger partial charge in [0.25, 0.3) is 11.1 Å². The Bertz CT molecular complexity index is 714. The summed E-state index contributed by atoms with van der Waals surface area (Å²) < 4.78 is 7.27. The normalized spacial score (nSPS) is 10.8. The number of nitrogens with zero attached hydrogens (tertiary/aromatic N) is 3. The Morgan fingerprint density at radius 1 is 1.40 bits per heavy atom. The van der Waals surface area contributed by atoms with E-state index < -0.39 is 0 Å². The van der Waals surface area contributed by atoms with Crippen LogP contribution in [0.2, 0.25) is 0 Å². The summed E-state index contributed by atoms with van der Waals surface area (Å²) in [5.41, 5.74) is 1.43. The van der Waals surface area contributed by atoms with Gasteiger partial charge in [-0.3, -0.25) is 4.79 Å². The van der Waals surface area contributed by atoms with E-state index in [0.29, 0.717) is 16.8 Å². The van der Waals surface area contributed by atoms with E-state index in [4.69, 9.17) is 4.42 Å². The van der Waals surface area contributed by atoms with E-state index >= 15 is 0 Å². The summed E-state index contributed by atoms with van der Waals surface area (Å²) in [4.78, 5) is 15.0. The van der Waals surface area contributed by atoms with E-state index in [1.54, 1.807) is 16.8 Å². The molecule has 0 aromatic carbocycles. The van der Waals surface area contributed by atoms with Crippen molar-refractivity contribution in [1.29, 1.82) is 0 Å². The highest BCUT2D eigenvalue weighted by molar-refractivity contribution is 7.99. The van der Waals surface area contributed by atoms with Crippen LogP contribution in [0.5, 0.6) is 0 Å². The monoisotopic (exact) mass is 288 g/mol. The van der Waals surface area contributed by atoms with Gasteiger partial charge in [-0.1, -0.05) is 11.8 Å². The lowest BCUT2D eigenvalue weighted by Crippen LogP contribution is -2.07. The molecule has 0 aliphatic rings. The van der Waals surface area contributed by atoms with Crippen molar-refractivity contribution in [2.45, 2.75) is 5.22 Å². The molecular weight excluding hydrogens is 276 g/mol.